The zero-order valence-corrected chi connectivity index (χ0v) is 13.0. The summed E-state index contributed by atoms with van der Waals surface area (Å²) in [5.74, 6) is 1.83. The zero-order valence-electron chi connectivity index (χ0n) is 13.0. The van der Waals surface area contributed by atoms with Crippen molar-refractivity contribution in [3.63, 3.8) is 0 Å². The van der Waals surface area contributed by atoms with Gasteiger partial charge in [-0.15, -0.1) is 0 Å². The quantitative estimate of drug-likeness (QED) is 0.635. The van der Waals surface area contributed by atoms with Crippen molar-refractivity contribution < 1.29 is 9.47 Å². The smallest absolute Gasteiger partial charge is 0.135 e. The summed E-state index contributed by atoms with van der Waals surface area (Å²) >= 11 is 0. The van der Waals surface area contributed by atoms with E-state index in [2.05, 4.69) is 30.3 Å². The fourth-order valence-electron chi connectivity index (χ4n) is 2.72. The molecule has 0 amide bonds. The molecule has 3 aromatic carbocycles. The lowest BCUT2D eigenvalue weighted by atomic mass is 9.98. The maximum Gasteiger partial charge on any atom is 0.135 e. The topological polar surface area (TPSA) is 18.5 Å². The third-order valence-electron chi connectivity index (χ3n) is 3.63. The lowest BCUT2D eigenvalue weighted by Crippen LogP contribution is -1.99. The summed E-state index contributed by atoms with van der Waals surface area (Å²) in [5, 5.41) is 2.18. The van der Waals surface area contributed by atoms with E-state index in [4.69, 9.17) is 9.47 Å². The Morgan fingerprint density at radius 1 is 0.727 bits per heavy atom. The zero-order chi connectivity index (χ0) is 15.4. The predicted octanol–water partition coefficient (Wildman–Crippen LogP) is 5.30. The second kappa shape index (κ2) is 6.52. The van der Waals surface area contributed by atoms with Gasteiger partial charge in [0.1, 0.15) is 11.5 Å². The molecule has 22 heavy (non-hydrogen) atoms. The van der Waals surface area contributed by atoms with Gasteiger partial charge in [-0.2, -0.15) is 0 Å². The fourth-order valence-corrected chi connectivity index (χ4v) is 2.72. The minimum Gasteiger partial charge on any atom is -0.493 e. The van der Waals surface area contributed by atoms with Crippen molar-refractivity contribution in [2.75, 3.05) is 13.2 Å². The molecule has 0 aliphatic carbocycles. The molecule has 0 radical (unpaired) electrons. The van der Waals surface area contributed by atoms with E-state index in [1.54, 1.807) is 0 Å². The van der Waals surface area contributed by atoms with Crippen LogP contribution in [-0.2, 0) is 0 Å². The highest BCUT2D eigenvalue weighted by atomic mass is 16.5. The van der Waals surface area contributed by atoms with Gasteiger partial charge in [-0.3, -0.25) is 0 Å². The Labute approximate surface area is 131 Å². The van der Waals surface area contributed by atoms with E-state index in [1.807, 2.05) is 44.2 Å². The molecule has 0 aliphatic rings. The predicted molar refractivity (Wildman–Crippen MR) is 91.7 cm³/mol. The Morgan fingerprint density at radius 3 is 2.05 bits per heavy atom. The summed E-state index contributed by atoms with van der Waals surface area (Å²) in [6.45, 7) is 5.30. The highest BCUT2D eigenvalue weighted by molar-refractivity contribution is 5.99. The lowest BCUT2D eigenvalue weighted by Gasteiger charge is -2.17. The molecule has 3 rings (SSSR count). The van der Waals surface area contributed by atoms with Crippen molar-refractivity contribution in [3.8, 4) is 22.6 Å². The minimum absolute atomic E-state index is 0.637. The molecule has 0 aliphatic heterocycles. The molecular formula is C20H20O2. The molecule has 0 N–H and O–H groups in total. The van der Waals surface area contributed by atoms with Crippen LogP contribution in [-0.4, -0.2) is 13.2 Å². The molecule has 0 unspecified atom stereocenters. The Kier molecular flexibility index (Phi) is 4.29. The Bertz CT molecular complexity index is 763. The third kappa shape index (κ3) is 2.64. The fraction of sp³-hybridized carbons (Fsp3) is 0.200. The van der Waals surface area contributed by atoms with Gasteiger partial charge in [0.05, 0.1) is 13.2 Å². The first-order valence-electron chi connectivity index (χ1n) is 7.72. The minimum atomic E-state index is 0.637. The van der Waals surface area contributed by atoms with Crippen LogP contribution in [0, 0.1) is 0 Å². The second-order valence-electron chi connectivity index (χ2n) is 5.03. The largest absolute Gasteiger partial charge is 0.493 e. The Hall–Kier alpha value is -2.48. The molecule has 0 aromatic heterocycles. The molecule has 2 heteroatoms. The van der Waals surface area contributed by atoms with Crippen molar-refractivity contribution in [2.24, 2.45) is 0 Å². The van der Waals surface area contributed by atoms with Crippen LogP contribution in [0.5, 0.6) is 11.5 Å². The SMILES string of the molecule is CCOc1cc(-c2ccccc2)c(OCC)c2ccccc12. The summed E-state index contributed by atoms with van der Waals surface area (Å²) in [7, 11) is 0. The van der Waals surface area contributed by atoms with Gasteiger partial charge in [-0.1, -0.05) is 54.6 Å². The summed E-state index contributed by atoms with van der Waals surface area (Å²) in [4.78, 5) is 0. The first kappa shape index (κ1) is 14.5. The summed E-state index contributed by atoms with van der Waals surface area (Å²) in [5.41, 5.74) is 2.21. The van der Waals surface area contributed by atoms with E-state index in [1.165, 1.54) is 0 Å². The van der Waals surface area contributed by atoms with E-state index in [-0.39, 0.29) is 0 Å². The number of benzene rings is 3. The monoisotopic (exact) mass is 292 g/mol. The number of fused-ring (bicyclic) bond motifs is 1. The molecule has 0 saturated carbocycles. The average Bonchev–Trinajstić information content (AvgIpc) is 2.58. The van der Waals surface area contributed by atoms with Crippen LogP contribution < -0.4 is 9.47 Å². The van der Waals surface area contributed by atoms with Crippen molar-refractivity contribution in [1.82, 2.24) is 0 Å². The van der Waals surface area contributed by atoms with E-state index in [0.29, 0.717) is 13.2 Å². The first-order valence-corrected chi connectivity index (χ1v) is 7.72. The molecule has 0 bridgehead atoms. The van der Waals surface area contributed by atoms with E-state index in [9.17, 15) is 0 Å². The second-order valence-corrected chi connectivity index (χ2v) is 5.03. The summed E-state index contributed by atoms with van der Waals surface area (Å²) in [6, 6.07) is 20.6. The molecule has 0 heterocycles. The van der Waals surface area contributed by atoms with Crippen molar-refractivity contribution in [2.45, 2.75) is 13.8 Å². The number of ether oxygens (including phenoxy) is 2. The van der Waals surface area contributed by atoms with Crippen LogP contribution in [0.15, 0.2) is 60.7 Å². The van der Waals surface area contributed by atoms with Gasteiger partial charge >= 0.3 is 0 Å². The standard InChI is InChI=1S/C20H20O2/c1-3-21-19-14-18(15-10-6-5-7-11-15)20(22-4-2)17-13-9-8-12-16(17)19/h5-14H,3-4H2,1-2H3. The molecule has 112 valence electrons. The third-order valence-corrected chi connectivity index (χ3v) is 3.63. The first-order chi connectivity index (χ1) is 10.8. The molecular weight excluding hydrogens is 272 g/mol. The Morgan fingerprint density at radius 2 is 1.36 bits per heavy atom. The molecule has 3 aromatic rings. The van der Waals surface area contributed by atoms with E-state index in [0.717, 1.165) is 33.4 Å². The van der Waals surface area contributed by atoms with Gasteiger partial charge in [0.2, 0.25) is 0 Å². The molecule has 0 spiro atoms. The van der Waals surface area contributed by atoms with Crippen LogP contribution in [0.2, 0.25) is 0 Å². The average molecular weight is 292 g/mol. The normalized spacial score (nSPS) is 10.6. The van der Waals surface area contributed by atoms with E-state index >= 15 is 0 Å². The summed E-state index contributed by atoms with van der Waals surface area (Å²) < 4.78 is 11.8. The van der Waals surface area contributed by atoms with Crippen molar-refractivity contribution in [1.29, 1.82) is 0 Å². The maximum atomic E-state index is 5.98. The number of hydrogen-bond donors (Lipinski definition) is 0. The van der Waals surface area contributed by atoms with Gasteiger partial charge in [0, 0.05) is 16.3 Å². The number of rotatable bonds is 5. The number of hydrogen-bond acceptors (Lipinski definition) is 2. The molecule has 0 fully saturated rings. The van der Waals surface area contributed by atoms with Crippen molar-refractivity contribution in [3.05, 3.63) is 60.7 Å². The van der Waals surface area contributed by atoms with Crippen LogP contribution >= 0.6 is 0 Å². The van der Waals surface area contributed by atoms with Crippen LogP contribution in [0.25, 0.3) is 21.9 Å². The van der Waals surface area contributed by atoms with Gasteiger partial charge in [0.15, 0.2) is 0 Å². The van der Waals surface area contributed by atoms with Gasteiger partial charge in [0.25, 0.3) is 0 Å². The van der Waals surface area contributed by atoms with Gasteiger partial charge in [-0.25, -0.2) is 0 Å². The highest BCUT2D eigenvalue weighted by Crippen LogP contribution is 2.42. The van der Waals surface area contributed by atoms with Crippen LogP contribution in [0.4, 0.5) is 0 Å². The van der Waals surface area contributed by atoms with Crippen LogP contribution in [0.3, 0.4) is 0 Å². The highest BCUT2D eigenvalue weighted by Gasteiger charge is 2.15. The Balaban J connectivity index is 2.32. The van der Waals surface area contributed by atoms with Gasteiger partial charge in [-0.05, 0) is 25.5 Å². The lowest BCUT2D eigenvalue weighted by molar-refractivity contribution is 0.337. The van der Waals surface area contributed by atoms with Crippen molar-refractivity contribution >= 4 is 10.8 Å². The van der Waals surface area contributed by atoms with Crippen LogP contribution in [0.1, 0.15) is 13.8 Å². The molecule has 0 atom stereocenters. The maximum absolute atomic E-state index is 5.98. The van der Waals surface area contributed by atoms with E-state index < -0.39 is 0 Å². The molecule has 0 saturated heterocycles. The van der Waals surface area contributed by atoms with Gasteiger partial charge < -0.3 is 9.47 Å². The summed E-state index contributed by atoms with van der Waals surface area (Å²) in [6.07, 6.45) is 0. The molecule has 2 nitrogen and oxygen atoms in total.